The number of aryl methyl sites for hydroxylation is 1. The number of ether oxygens (including phenoxy) is 2. The molecule has 6 nitrogen and oxygen atoms in total. The molecule has 1 aromatic carbocycles. The van der Waals surface area contributed by atoms with E-state index >= 15 is 0 Å². The number of aromatic carboxylic acids is 1. The molecule has 0 bridgehead atoms. The smallest absolute Gasteiger partial charge is 0.373 e. The van der Waals surface area contributed by atoms with Crippen LogP contribution < -0.4 is 9.47 Å². The average molecular weight is 277 g/mol. The third-order valence-corrected chi connectivity index (χ3v) is 3.00. The lowest BCUT2D eigenvalue weighted by Crippen LogP contribution is -1.95. The van der Waals surface area contributed by atoms with Gasteiger partial charge in [0.1, 0.15) is 11.5 Å². The van der Waals surface area contributed by atoms with E-state index < -0.39 is 5.97 Å². The molecule has 0 atom stereocenters. The largest absolute Gasteiger partial charge is 0.496 e. The monoisotopic (exact) mass is 277 g/mol. The number of carboxylic acid groups (broad SMARTS) is 1. The second-order valence-corrected chi connectivity index (χ2v) is 4.21. The van der Waals surface area contributed by atoms with E-state index in [1.807, 2.05) is 6.92 Å². The summed E-state index contributed by atoms with van der Waals surface area (Å²) in [6.07, 6.45) is 0. The predicted molar refractivity (Wildman–Crippen MR) is 71.5 cm³/mol. The molecule has 1 aromatic heterocycles. The van der Waals surface area contributed by atoms with Crippen molar-refractivity contribution in [3.05, 3.63) is 29.2 Å². The number of benzene rings is 1. The Balaban J connectivity index is 2.61. The summed E-state index contributed by atoms with van der Waals surface area (Å²) >= 11 is 0. The first-order chi connectivity index (χ1) is 9.49. The molecule has 106 valence electrons. The summed E-state index contributed by atoms with van der Waals surface area (Å²) in [6, 6.07) is 3.48. The van der Waals surface area contributed by atoms with Crippen LogP contribution in [-0.4, -0.2) is 30.3 Å². The minimum Gasteiger partial charge on any atom is -0.496 e. The maximum atomic E-state index is 11.0. The second-order valence-electron chi connectivity index (χ2n) is 4.21. The predicted octanol–water partition coefficient (Wildman–Crippen LogP) is 2.67. The summed E-state index contributed by atoms with van der Waals surface area (Å²) in [7, 11) is 3.10. The summed E-state index contributed by atoms with van der Waals surface area (Å²) in [5.41, 5.74) is 1.70. The molecule has 1 N–H and O–H groups in total. The molecule has 0 amide bonds. The van der Waals surface area contributed by atoms with Gasteiger partial charge in [-0.3, -0.25) is 0 Å². The molecule has 20 heavy (non-hydrogen) atoms. The van der Waals surface area contributed by atoms with Crippen LogP contribution in [0.5, 0.6) is 11.5 Å². The minimum absolute atomic E-state index is 0.171. The van der Waals surface area contributed by atoms with E-state index in [4.69, 9.17) is 19.0 Å². The van der Waals surface area contributed by atoms with Crippen molar-refractivity contribution in [3.63, 3.8) is 0 Å². The highest BCUT2D eigenvalue weighted by molar-refractivity contribution is 5.86. The van der Waals surface area contributed by atoms with Gasteiger partial charge in [0.05, 0.1) is 25.5 Å². The number of methoxy groups -OCH3 is 2. The van der Waals surface area contributed by atoms with Gasteiger partial charge in [0, 0.05) is 5.56 Å². The number of carbonyl (C=O) groups is 1. The van der Waals surface area contributed by atoms with E-state index in [0.717, 1.165) is 5.56 Å². The first-order valence-electron chi connectivity index (χ1n) is 5.92. The number of carboxylic acids is 1. The molecule has 2 rings (SSSR count). The number of hydrogen-bond donors (Lipinski definition) is 1. The molecular formula is C14H15NO5. The lowest BCUT2D eigenvalue weighted by Gasteiger charge is -2.12. The van der Waals surface area contributed by atoms with Crippen molar-refractivity contribution < 1.29 is 23.8 Å². The number of rotatable bonds is 4. The molecule has 1 heterocycles. The van der Waals surface area contributed by atoms with Gasteiger partial charge in [0.2, 0.25) is 11.7 Å². The average Bonchev–Trinajstić information content (AvgIpc) is 2.80. The van der Waals surface area contributed by atoms with Crippen LogP contribution in [0, 0.1) is 13.8 Å². The van der Waals surface area contributed by atoms with Crippen LogP contribution in [0.3, 0.4) is 0 Å². The van der Waals surface area contributed by atoms with Crippen LogP contribution in [0.15, 0.2) is 16.5 Å². The summed E-state index contributed by atoms with van der Waals surface area (Å²) in [6.45, 7) is 3.42. The number of hydrogen-bond acceptors (Lipinski definition) is 5. The van der Waals surface area contributed by atoms with Gasteiger partial charge in [-0.25, -0.2) is 9.78 Å². The van der Waals surface area contributed by atoms with Crippen molar-refractivity contribution in [2.75, 3.05) is 14.2 Å². The van der Waals surface area contributed by atoms with Crippen molar-refractivity contribution in [2.45, 2.75) is 13.8 Å². The van der Waals surface area contributed by atoms with E-state index in [1.165, 1.54) is 7.11 Å². The molecule has 0 saturated heterocycles. The standard InChI is InChI=1S/C14H15NO5/c1-7-10(18-3)6-5-9(11(7)19-4)13-15-8(2)12(20-13)14(16)17/h5-6H,1-4H3,(H,16,17). The Morgan fingerprint density at radius 1 is 1.25 bits per heavy atom. The highest BCUT2D eigenvalue weighted by Crippen LogP contribution is 2.37. The third-order valence-electron chi connectivity index (χ3n) is 3.00. The van der Waals surface area contributed by atoms with E-state index in [0.29, 0.717) is 22.8 Å². The molecule has 0 radical (unpaired) electrons. The molecule has 0 aliphatic carbocycles. The Labute approximate surface area is 116 Å². The van der Waals surface area contributed by atoms with Crippen molar-refractivity contribution >= 4 is 5.97 Å². The summed E-state index contributed by atoms with van der Waals surface area (Å²) in [4.78, 5) is 15.1. The number of oxazole rings is 1. The third kappa shape index (κ3) is 2.20. The van der Waals surface area contributed by atoms with E-state index in [9.17, 15) is 4.79 Å². The molecule has 2 aromatic rings. The van der Waals surface area contributed by atoms with Gasteiger partial charge >= 0.3 is 5.97 Å². The van der Waals surface area contributed by atoms with Gasteiger partial charge in [-0.05, 0) is 26.0 Å². The Morgan fingerprint density at radius 2 is 1.95 bits per heavy atom. The van der Waals surface area contributed by atoms with Crippen molar-refractivity contribution in [1.29, 1.82) is 0 Å². The molecule has 6 heteroatoms. The quantitative estimate of drug-likeness (QED) is 0.925. The molecule has 0 saturated carbocycles. The van der Waals surface area contributed by atoms with Crippen LogP contribution >= 0.6 is 0 Å². The van der Waals surface area contributed by atoms with Gasteiger partial charge in [-0.15, -0.1) is 0 Å². The van der Waals surface area contributed by atoms with Crippen LogP contribution in [0.4, 0.5) is 0 Å². The summed E-state index contributed by atoms with van der Waals surface area (Å²) in [5, 5.41) is 9.00. The van der Waals surface area contributed by atoms with E-state index in [2.05, 4.69) is 4.98 Å². The van der Waals surface area contributed by atoms with Gasteiger partial charge in [0.25, 0.3) is 0 Å². The summed E-state index contributed by atoms with van der Waals surface area (Å²) in [5.74, 6) is 0.110. The molecule has 0 aliphatic heterocycles. The fourth-order valence-electron chi connectivity index (χ4n) is 2.04. The zero-order valence-corrected chi connectivity index (χ0v) is 11.7. The van der Waals surface area contributed by atoms with E-state index in [-0.39, 0.29) is 11.7 Å². The molecular weight excluding hydrogens is 262 g/mol. The summed E-state index contributed by atoms with van der Waals surface area (Å²) < 4.78 is 15.9. The Kier molecular flexibility index (Phi) is 3.65. The topological polar surface area (TPSA) is 81.8 Å². The number of aromatic nitrogens is 1. The van der Waals surface area contributed by atoms with Crippen molar-refractivity contribution in [2.24, 2.45) is 0 Å². The Morgan fingerprint density at radius 3 is 2.45 bits per heavy atom. The van der Waals surface area contributed by atoms with Crippen LogP contribution in [0.1, 0.15) is 21.8 Å². The van der Waals surface area contributed by atoms with Crippen LogP contribution in [0.2, 0.25) is 0 Å². The lowest BCUT2D eigenvalue weighted by molar-refractivity contribution is 0.0662. The fourth-order valence-corrected chi connectivity index (χ4v) is 2.04. The highest BCUT2D eigenvalue weighted by Gasteiger charge is 2.21. The zero-order chi connectivity index (χ0) is 14.9. The van der Waals surface area contributed by atoms with Crippen molar-refractivity contribution in [1.82, 2.24) is 4.98 Å². The first kappa shape index (κ1) is 13.9. The Hall–Kier alpha value is -2.50. The van der Waals surface area contributed by atoms with Gasteiger partial charge in [-0.2, -0.15) is 0 Å². The highest BCUT2D eigenvalue weighted by atomic mass is 16.5. The first-order valence-corrected chi connectivity index (χ1v) is 5.92. The molecule has 0 spiro atoms. The van der Waals surface area contributed by atoms with Crippen LogP contribution in [-0.2, 0) is 0 Å². The zero-order valence-electron chi connectivity index (χ0n) is 11.7. The minimum atomic E-state index is -1.15. The van der Waals surface area contributed by atoms with Crippen molar-refractivity contribution in [3.8, 4) is 23.0 Å². The number of nitrogens with zero attached hydrogens (tertiary/aromatic N) is 1. The molecule has 0 fully saturated rings. The van der Waals surface area contributed by atoms with Gasteiger partial charge in [-0.1, -0.05) is 0 Å². The molecule has 0 unspecified atom stereocenters. The SMILES string of the molecule is COc1ccc(-c2nc(C)c(C(=O)O)o2)c(OC)c1C. The van der Waals surface area contributed by atoms with Gasteiger partial charge in [0.15, 0.2) is 0 Å². The maximum Gasteiger partial charge on any atom is 0.373 e. The van der Waals surface area contributed by atoms with Gasteiger partial charge < -0.3 is 19.0 Å². The molecule has 0 aliphatic rings. The van der Waals surface area contributed by atoms with Crippen LogP contribution in [0.25, 0.3) is 11.5 Å². The maximum absolute atomic E-state index is 11.0. The Bertz CT molecular complexity index is 660. The van der Waals surface area contributed by atoms with E-state index in [1.54, 1.807) is 26.2 Å². The normalized spacial score (nSPS) is 10.4. The lowest BCUT2D eigenvalue weighted by atomic mass is 10.1. The second kappa shape index (κ2) is 5.24. The fraction of sp³-hybridized carbons (Fsp3) is 0.286.